The third-order valence-corrected chi connectivity index (χ3v) is 5.39. The number of methoxy groups -OCH3 is 1. The molecule has 27 heavy (non-hydrogen) atoms. The monoisotopic (exact) mass is 370 g/mol. The Bertz CT molecular complexity index is 795. The number of amides is 2. The van der Waals surface area contributed by atoms with Crippen LogP contribution in [0.5, 0.6) is 5.88 Å². The summed E-state index contributed by atoms with van der Waals surface area (Å²) in [4.78, 5) is 21.9. The summed E-state index contributed by atoms with van der Waals surface area (Å²) in [5.41, 5.74) is 1.83. The molecule has 1 saturated heterocycles. The molecule has 146 valence electrons. The Hall–Kier alpha value is -2.34. The van der Waals surface area contributed by atoms with Gasteiger partial charge in [0.2, 0.25) is 5.88 Å². The van der Waals surface area contributed by atoms with Crippen LogP contribution in [-0.2, 0) is 0 Å². The second-order valence-electron chi connectivity index (χ2n) is 7.16. The first-order valence-corrected chi connectivity index (χ1v) is 9.76. The zero-order chi connectivity index (χ0) is 19.4. The SMILES string of the molecule is CCNC(=O)N(C(C)c1cc2ccccc2nc1OC)[C@H]1CCCCN1C. The largest absolute Gasteiger partial charge is 0.481 e. The van der Waals surface area contributed by atoms with Gasteiger partial charge in [0.05, 0.1) is 24.8 Å². The number of urea groups is 1. The molecule has 6 heteroatoms. The summed E-state index contributed by atoms with van der Waals surface area (Å²) in [6, 6.07) is 9.88. The minimum absolute atomic E-state index is 0.0426. The molecular formula is C21H30N4O2. The van der Waals surface area contributed by atoms with Crippen LogP contribution in [0, 0.1) is 0 Å². The number of fused-ring (bicyclic) bond motifs is 1. The normalized spacial score (nSPS) is 18.9. The maximum Gasteiger partial charge on any atom is 0.319 e. The van der Waals surface area contributed by atoms with Crippen LogP contribution in [0.15, 0.2) is 30.3 Å². The summed E-state index contributed by atoms with van der Waals surface area (Å²) in [6.45, 7) is 5.61. The van der Waals surface area contributed by atoms with Crippen LogP contribution < -0.4 is 10.1 Å². The second-order valence-corrected chi connectivity index (χ2v) is 7.16. The highest BCUT2D eigenvalue weighted by Crippen LogP contribution is 2.34. The number of carbonyl (C=O) groups is 1. The predicted octanol–water partition coefficient (Wildman–Crippen LogP) is 3.78. The average Bonchev–Trinajstić information content (AvgIpc) is 2.68. The molecule has 2 atom stereocenters. The summed E-state index contributed by atoms with van der Waals surface area (Å²) < 4.78 is 5.60. The predicted molar refractivity (Wildman–Crippen MR) is 108 cm³/mol. The van der Waals surface area contributed by atoms with Crippen LogP contribution in [0.4, 0.5) is 4.79 Å². The van der Waals surface area contributed by atoms with E-state index >= 15 is 0 Å². The quantitative estimate of drug-likeness (QED) is 0.870. The fraction of sp³-hybridized carbons (Fsp3) is 0.524. The molecule has 0 spiro atoms. The van der Waals surface area contributed by atoms with Gasteiger partial charge in [0.15, 0.2) is 0 Å². The second kappa shape index (κ2) is 8.57. The van der Waals surface area contributed by atoms with Crippen molar-refractivity contribution >= 4 is 16.9 Å². The van der Waals surface area contributed by atoms with Crippen LogP contribution in [0.2, 0.25) is 0 Å². The van der Waals surface area contributed by atoms with Crippen LogP contribution in [0.3, 0.4) is 0 Å². The fourth-order valence-electron chi connectivity index (χ4n) is 3.95. The van der Waals surface area contributed by atoms with Gasteiger partial charge in [0.25, 0.3) is 0 Å². The van der Waals surface area contributed by atoms with Gasteiger partial charge in [-0.3, -0.25) is 4.90 Å². The first-order chi connectivity index (χ1) is 13.1. The number of aromatic nitrogens is 1. The standard InChI is InChI=1S/C21H30N4O2/c1-5-22-21(26)25(19-12-8-9-13-24(19)3)15(2)17-14-16-10-6-7-11-18(16)23-20(17)27-4/h6-7,10-11,14-15,19H,5,8-9,12-13H2,1-4H3,(H,22,26)/t15?,19-/m0/s1. The Morgan fingerprint density at radius 1 is 1.41 bits per heavy atom. The van der Waals surface area contributed by atoms with E-state index in [4.69, 9.17) is 4.74 Å². The summed E-state index contributed by atoms with van der Waals surface area (Å²) in [7, 11) is 3.73. The van der Waals surface area contributed by atoms with Gasteiger partial charge in [0, 0.05) is 17.5 Å². The lowest BCUT2D eigenvalue weighted by Crippen LogP contribution is -2.55. The van der Waals surface area contributed by atoms with Crippen molar-refractivity contribution in [3.05, 3.63) is 35.9 Å². The number of hydrogen-bond acceptors (Lipinski definition) is 4. The molecule has 1 aliphatic heterocycles. The van der Waals surface area contributed by atoms with E-state index in [0.29, 0.717) is 12.4 Å². The molecule has 1 aliphatic rings. The number of nitrogens with zero attached hydrogens (tertiary/aromatic N) is 3. The van der Waals surface area contributed by atoms with Gasteiger partial charge in [-0.05, 0) is 58.8 Å². The number of hydrogen-bond donors (Lipinski definition) is 1. The smallest absolute Gasteiger partial charge is 0.319 e. The van der Waals surface area contributed by atoms with Gasteiger partial charge in [-0.1, -0.05) is 18.2 Å². The fourth-order valence-corrected chi connectivity index (χ4v) is 3.95. The molecule has 1 unspecified atom stereocenters. The molecule has 2 aromatic rings. The Morgan fingerprint density at radius 2 is 2.19 bits per heavy atom. The number of pyridine rings is 1. The number of nitrogens with one attached hydrogen (secondary N) is 1. The number of likely N-dealkylation sites (tertiary alicyclic amines) is 1. The molecule has 2 heterocycles. The van der Waals surface area contributed by atoms with Gasteiger partial charge >= 0.3 is 6.03 Å². The van der Waals surface area contributed by atoms with E-state index in [1.165, 1.54) is 6.42 Å². The summed E-state index contributed by atoms with van der Waals surface area (Å²) in [5, 5.41) is 4.04. The minimum atomic E-state index is -0.158. The molecule has 0 bridgehead atoms. The van der Waals surface area contributed by atoms with Gasteiger partial charge in [-0.15, -0.1) is 0 Å². The van der Waals surface area contributed by atoms with Crippen molar-refractivity contribution in [2.24, 2.45) is 0 Å². The van der Waals surface area contributed by atoms with Crippen LogP contribution >= 0.6 is 0 Å². The summed E-state index contributed by atoms with van der Waals surface area (Å²) in [6.07, 6.45) is 3.34. The van der Waals surface area contributed by atoms with Crippen molar-refractivity contribution in [1.29, 1.82) is 0 Å². The number of ether oxygens (including phenoxy) is 1. The number of benzene rings is 1. The Labute approximate surface area is 161 Å². The number of carbonyl (C=O) groups excluding carboxylic acids is 1. The molecule has 1 aromatic heterocycles. The van der Waals surface area contributed by atoms with E-state index < -0.39 is 0 Å². The molecule has 1 N–H and O–H groups in total. The molecule has 1 aromatic carbocycles. The van der Waals surface area contributed by atoms with Gasteiger partial charge in [0.1, 0.15) is 0 Å². The van der Waals surface area contributed by atoms with Crippen LogP contribution in [-0.4, -0.2) is 54.2 Å². The summed E-state index contributed by atoms with van der Waals surface area (Å²) in [5.74, 6) is 0.578. The number of rotatable bonds is 5. The third-order valence-electron chi connectivity index (χ3n) is 5.39. The maximum atomic E-state index is 13.0. The highest BCUT2D eigenvalue weighted by atomic mass is 16.5. The van der Waals surface area contributed by atoms with Crippen molar-refractivity contribution in [1.82, 2.24) is 20.1 Å². The molecular weight excluding hydrogens is 340 g/mol. The van der Waals surface area contributed by atoms with Gasteiger partial charge in [-0.25, -0.2) is 9.78 Å². The van der Waals surface area contributed by atoms with E-state index in [1.807, 2.05) is 36.1 Å². The minimum Gasteiger partial charge on any atom is -0.481 e. The zero-order valence-corrected chi connectivity index (χ0v) is 16.7. The van der Waals surface area contributed by atoms with Gasteiger partial charge < -0.3 is 15.0 Å². The topological polar surface area (TPSA) is 57.7 Å². The average molecular weight is 370 g/mol. The maximum absolute atomic E-state index is 13.0. The molecule has 0 saturated carbocycles. The van der Waals surface area contributed by atoms with E-state index in [0.717, 1.165) is 35.9 Å². The van der Waals surface area contributed by atoms with Crippen molar-refractivity contribution in [3.63, 3.8) is 0 Å². The first-order valence-electron chi connectivity index (χ1n) is 9.76. The Balaban J connectivity index is 2.03. The van der Waals surface area contributed by atoms with E-state index in [1.54, 1.807) is 7.11 Å². The molecule has 2 amide bonds. The number of para-hydroxylation sites is 1. The van der Waals surface area contributed by atoms with Gasteiger partial charge in [-0.2, -0.15) is 0 Å². The van der Waals surface area contributed by atoms with Crippen LogP contribution in [0.1, 0.15) is 44.7 Å². The summed E-state index contributed by atoms with van der Waals surface area (Å²) >= 11 is 0. The lowest BCUT2D eigenvalue weighted by molar-refractivity contribution is 0.0334. The molecule has 0 aliphatic carbocycles. The molecule has 0 radical (unpaired) electrons. The van der Waals surface area contributed by atoms with Crippen molar-refractivity contribution in [2.75, 3.05) is 27.2 Å². The van der Waals surface area contributed by atoms with Crippen LogP contribution in [0.25, 0.3) is 10.9 Å². The highest BCUT2D eigenvalue weighted by molar-refractivity contribution is 5.81. The van der Waals surface area contributed by atoms with E-state index in [-0.39, 0.29) is 18.2 Å². The lowest BCUT2D eigenvalue weighted by Gasteiger charge is -2.43. The third kappa shape index (κ3) is 4.00. The van der Waals surface area contributed by atoms with Crippen molar-refractivity contribution < 1.29 is 9.53 Å². The first kappa shape index (κ1) is 19.4. The molecule has 1 fully saturated rings. The Kier molecular flexibility index (Phi) is 6.16. The highest BCUT2D eigenvalue weighted by Gasteiger charge is 2.34. The van der Waals surface area contributed by atoms with E-state index in [9.17, 15) is 4.79 Å². The molecule has 6 nitrogen and oxygen atoms in total. The molecule has 3 rings (SSSR count). The lowest BCUT2D eigenvalue weighted by atomic mass is 10.0. The van der Waals surface area contributed by atoms with Crippen molar-refractivity contribution in [3.8, 4) is 5.88 Å². The van der Waals surface area contributed by atoms with Crippen molar-refractivity contribution in [2.45, 2.75) is 45.3 Å². The Morgan fingerprint density at radius 3 is 2.89 bits per heavy atom. The zero-order valence-electron chi connectivity index (χ0n) is 16.7. The number of piperidine rings is 1. The van der Waals surface area contributed by atoms with E-state index in [2.05, 4.69) is 35.2 Å².